The van der Waals surface area contributed by atoms with Crippen molar-refractivity contribution in [1.82, 2.24) is 14.5 Å². The molecule has 1 aliphatic heterocycles. The van der Waals surface area contributed by atoms with Crippen LogP contribution in [0, 0.1) is 0 Å². The number of pyridine rings is 1. The van der Waals surface area contributed by atoms with Crippen LogP contribution in [0.3, 0.4) is 0 Å². The summed E-state index contributed by atoms with van der Waals surface area (Å²) in [5, 5.41) is 34.9. The number of fused-ring (bicyclic) bond motifs is 2. The third kappa shape index (κ3) is 3.20. The summed E-state index contributed by atoms with van der Waals surface area (Å²) in [4.78, 5) is 9.10. The second-order valence-electron chi connectivity index (χ2n) is 7.12. The van der Waals surface area contributed by atoms with Crippen molar-refractivity contribution in [3.05, 3.63) is 28.2 Å². The fourth-order valence-electron chi connectivity index (χ4n) is 3.39. The average molecular weight is 427 g/mol. The highest BCUT2D eigenvalue weighted by atomic mass is 35.5. The maximum atomic E-state index is 10.5. The van der Waals surface area contributed by atoms with Gasteiger partial charge in [0.25, 0.3) is 0 Å². The third-order valence-corrected chi connectivity index (χ3v) is 5.43. The summed E-state index contributed by atoms with van der Waals surface area (Å²) in [5.74, 6) is 0.430. The van der Waals surface area contributed by atoms with Crippen LogP contribution in [0.1, 0.15) is 20.1 Å². The topological polar surface area (TPSA) is 113 Å². The lowest BCUT2D eigenvalue weighted by molar-refractivity contribution is -0.0499. The molecule has 1 saturated heterocycles. The predicted molar refractivity (Wildman–Crippen MR) is 107 cm³/mol. The summed E-state index contributed by atoms with van der Waals surface area (Å²) in [5.41, 5.74) is 1.64. The van der Waals surface area contributed by atoms with Crippen LogP contribution < -0.4 is 5.32 Å². The molecule has 4 N–H and O–H groups in total. The van der Waals surface area contributed by atoms with Gasteiger partial charge < -0.3 is 25.4 Å². The summed E-state index contributed by atoms with van der Waals surface area (Å²) < 4.78 is 7.37. The second-order valence-corrected chi connectivity index (χ2v) is 7.94. The van der Waals surface area contributed by atoms with Gasteiger partial charge in [-0.3, -0.25) is 4.57 Å². The number of aromatic nitrogens is 3. The van der Waals surface area contributed by atoms with Gasteiger partial charge in [-0.15, -0.1) is 0 Å². The van der Waals surface area contributed by atoms with Gasteiger partial charge in [-0.2, -0.15) is 4.98 Å². The highest BCUT2D eigenvalue weighted by Crippen LogP contribution is 2.36. The van der Waals surface area contributed by atoms with E-state index in [1.807, 2.05) is 19.9 Å². The molecule has 0 saturated carbocycles. The molecule has 10 heteroatoms. The number of halogens is 2. The van der Waals surface area contributed by atoms with Gasteiger partial charge in [-0.1, -0.05) is 23.2 Å². The summed E-state index contributed by atoms with van der Waals surface area (Å²) in [6.07, 6.45) is -4.31. The summed E-state index contributed by atoms with van der Waals surface area (Å²) in [7, 11) is 0. The summed E-state index contributed by atoms with van der Waals surface area (Å²) in [6, 6.07) is 5.24. The predicted octanol–water partition coefficient (Wildman–Crippen LogP) is 2.32. The maximum Gasteiger partial charge on any atom is 0.207 e. The van der Waals surface area contributed by atoms with E-state index in [9.17, 15) is 15.3 Å². The fourth-order valence-corrected chi connectivity index (χ4v) is 3.72. The lowest BCUT2D eigenvalue weighted by Gasteiger charge is -2.21. The second kappa shape index (κ2) is 7.29. The number of anilines is 1. The van der Waals surface area contributed by atoms with Crippen molar-refractivity contribution >= 4 is 51.2 Å². The van der Waals surface area contributed by atoms with Crippen molar-refractivity contribution < 1.29 is 20.1 Å². The van der Waals surface area contributed by atoms with Gasteiger partial charge in [0.1, 0.15) is 18.3 Å². The Morgan fingerprint density at radius 3 is 2.50 bits per heavy atom. The van der Waals surface area contributed by atoms with E-state index in [0.29, 0.717) is 32.7 Å². The van der Waals surface area contributed by atoms with Gasteiger partial charge >= 0.3 is 0 Å². The monoisotopic (exact) mass is 426 g/mol. The van der Waals surface area contributed by atoms with Gasteiger partial charge in [-0.25, -0.2) is 4.98 Å². The molecule has 0 amide bonds. The molecule has 150 valence electrons. The molecule has 0 bridgehead atoms. The number of ether oxygens (including phenoxy) is 1. The first kappa shape index (κ1) is 19.6. The van der Waals surface area contributed by atoms with Crippen LogP contribution in [0.15, 0.2) is 18.2 Å². The Hall–Kier alpha value is -1.68. The molecule has 0 radical (unpaired) electrons. The normalized spacial score (nSPS) is 25.3. The molecule has 1 unspecified atom stereocenters. The Bertz CT molecular complexity index is 1040. The average Bonchev–Trinajstić information content (AvgIpc) is 3.10. The minimum atomic E-state index is -1.24. The fraction of sp³-hybridized carbons (Fsp3) is 0.444. The van der Waals surface area contributed by atoms with Crippen LogP contribution >= 0.6 is 23.2 Å². The van der Waals surface area contributed by atoms with E-state index in [-0.39, 0.29) is 6.04 Å². The minimum Gasteiger partial charge on any atom is -0.394 e. The quantitative estimate of drug-likeness (QED) is 0.506. The van der Waals surface area contributed by atoms with Gasteiger partial charge in [0.2, 0.25) is 5.95 Å². The number of rotatable bonds is 4. The molecular formula is C18H20Cl2N4O4. The molecule has 8 nitrogen and oxygen atoms in total. The Balaban J connectivity index is 1.94. The molecule has 0 spiro atoms. The number of aliphatic hydroxyl groups excluding tert-OH is 3. The lowest BCUT2D eigenvalue weighted by Crippen LogP contribution is -2.33. The molecule has 4 rings (SSSR count). The molecule has 3 heterocycles. The first-order chi connectivity index (χ1) is 13.3. The summed E-state index contributed by atoms with van der Waals surface area (Å²) >= 11 is 12.2. The number of aliphatic hydroxyl groups is 3. The van der Waals surface area contributed by atoms with E-state index in [0.717, 1.165) is 5.39 Å². The van der Waals surface area contributed by atoms with Crippen LogP contribution in [-0.2, 0) is 4.74 Å². The molecule has 4 atom stereocenters. The van der Waals surface area contributed by atoms with Gasteiger partial charge in [0, 0.05) is 11.4 Å². The van der Waals surface area contributed by atoms with Crippen molar-refractivity contribution in [2.75, 3.05) is 11.9 Å². The zero-order chi connectivity index (χ0) is 20.2. The molecule has 0 aliphatic carbocycles. The Kier molecular flexibility index (Phi) is 5.11. The van der Waals surface area contributed by atoms with E-state index in [2.05, 4.69) is 15.3 Å². The third-order valence-electron chi connectivity index (χ3n) is 4.71. The standard InChI is InChI=1S/C18H20Cl2N4O4/c1-7(2)21-18-23-16-12(4-8-3-9(19)10(20)5-11(8)22-16)24(18)17-15(27)14(26)13(6-25)28-17/h3-5,7,13-15,17,25-27H,6H2,1-2H3,(H,21,22,23)/t13-,14-,15-,17?/m1/s1. The van der Waals surface area contributed by atoms with Crippen molar-refractivity contribution in [2.45, 2.75) is 44.4 Å². The van der Waals surface area contributed by atoms with E-state index in [1.165, 1.54) is 0 Å². The number of hydrogen-bond acceptors (Lipinski definition) is 7. The Morgan fingerprint density at radius 1 is 1.14 bits per heavy atom. The largest absolute Gasteiger partial charge is 0.394 e. The van der Waals surface area contributed by atoms with E-state index >= 15 is 0 Å². The number of hydrogen-bond donors (Lipinski definition) is 4. The zero-order valence-corrected chi connectivity index (χ0v) is 16.7. The zero-order valence-electron chi connectivity index (χ0n) is 15.2. The van der Waals surface area contributed by atoms with Crippen LogP contribution in [-0.4, -0.2) is 60.8 Å². The molecule has 1 aliphatic rings. The lowest BCUT2D eigenvalue weighted by atomic mass is 10.1. The van der Waals surface area contributed by atoms with Gasteiger partial charge in [-0.05, 0) is 32.0 Å². The van der Waals surface area contributed by atoms with Gasteiger partial charge in [0.05, 0.1) is 27.7 Å². The Morgan fingerprint density at radius 2 is 1.86 bits per heavy atom. The number of benzene rings is 1. The first-order valence-electron chi connectivity index (χ1n) is 8.87. The highest BCUT2D eigenvalue weighted by molar-refractivity contribution is 6.42. The molecule has 1 fully saturated rings. The van der Waals surface area contributed by atoms with Crippen molar-refractivity contribution in [3.8, 4) is 0 Å². The number of nitrogens with one attached hydrogen (secondary N) is 1. The van der Waals surface area contributed by atoms with Crippen molar-refractivity contribution in [3.63, 3.8) is 0 Å². The van der Waals surface area contributed by atoms with Gasteiger partial charge in [0.15, 0.2) is 11.9 Å². The molecule has 3 aromatic rings. The van der Waals surface area contributed by atoms with Crippen LogP contribution in [0.25, 0.3) is 22.1 Å². The van der Waals surface area contributed by atoms with Crippen LogP contribution in [0.5, 0.6) is 0 Å². The minimum absolute atomic E-state index is 0.0472. The smallest absolute Gasteiger partial charge is 0.207 e. The van der Waals surface area contributed by atoms with Crippen molar-refractivity contribution in [1.29, 1.82) is 0 Å². The van der Waals surface area contributed by atoms with E-state index < -0.39 is 31.1 Å². The van der Waals surface area contributed by atoms with E-state index in [4.69, 9.17) is 27.9 Å². The number of nitrogens with zero attached hydrogens (tertiary/aromatic N) is 3. The molecule has 1 aromatic carbocycles. The maximum absolute atomic E-state index is 10.5. The first-order valence-corrected chi connectivity index (χ1v) is 9.62. The van der Waals surface area contributed by atoms with Crippen molar-refractivity contribution in [2.24, 2.45) is 0 Å². The highest BCUT2D eigenvalue weighted by Gasteiger charge is 2.44. The van der Waals surface area contributed by atoms with Crippen LogP contribution in [0.4, 0.5) is 5.95 Å². The molecular weight excluding hydrogens is 407 g/mol. The van der Waals surface area contributed by atoms with E-state index in [1.54, 1.807) is 16.7 Å². The number of imidazole rings is 1. The summed E-state index contributed by atoms with van der Waals surface area (Å²) in [6.45, 7) is 3.48. The molecule has 2 aromatic heterocycles. The van der Waals surface area contributed by atoms with Crippen LogP contribution in [0.2, 0.25) is 10.0 Å². The molecule has 28 heavy (non-hydrogen) atoms. The Labute approximate surface area is 170 Å². The SMILES string of the molecule is CC(C)Nc1nc2nc3cc(Cl)c(Cl)cc3cc2n1C1O[C@H](CO)[C@@H](O)[C@H]1O.